The number of hydrogen-bond acceptors (Lipinski definition) is 4. The van der Waals surface area contributed by atoms with Gasteiger partial charge in [0.2, 0.25) is 0 Å². The van der Waals surface area contributed by atoms with Gasteiger partial charge in [0, 0.05) is 0 Å². The Morgan fingerprint density at radius 2 is 1.21 bits per heavy atom. The highest BCUT2D eigenvalue weighted by molar-refractivity contribution is 5.68. The van der Waals surface area contributed by atoms with E-state index in [1.807, 2.05) is 91.0 Å². The maximum atomic E-state index is 11.1. The van der Waals surface area contributed by atoms with Crippen molar-refractivity contribution in [3.63, 3.8) is 0 Å². The predicted octanol–water partition coefficient (Wildman–Crippen LogP) is 3.14. The zero-order valence-electron chi connectivity index (χ0n) is 15.0. The van der Waals surface area contributed by atoms with E-state index in [2.05, 4.69) is 15.4 Å². The van der Waals surface area contributed by atoms with E-state index in [4.69, 9.17) is 5.11 Å². The molecule has 4 aromatic rings. The van der Waals surface area contributed by atoms with Gasteiger partial charge in [-0.15, -0.1) is 15.0 Å². The molecule has 0 radical (unpaired) electrons. The van der Waals surface area contributed by atoms with Crippen molar-refractivity contribution >= 4 is 5.97 Å². The van der Waals surface area contributed by atoms with Crippen LogP contribution in [0.4, 0.5) is 0 Å². The smallest absolute Gasteiger partial charge is 0.311 e. The zero-order valence-corrected chi connectivity index (χ0v) is 15.0. The maximum absolute atomic E-state index is 11.1. The lowest BCUT2D eigenvalue weighted by Gasteiger charge is -2.34. The number of nitrogens with zero attached hydrogens (tertiary/aromatic N) is 4. The molecule has 4 rings (SSSR count). The molecule has 1 aromatic heterocycles. The fourth-order valence-corrected chi connectivity index (χ4v) is 3.48. The summed E-state index contributed by atoms with van der Waals surface area (Å²) in [6, 6.07) is 29.7. The molecule has 0 amide bonds. The van der Waals surface area contributed by atoms with Gasteiger partial charge in [-0.3, -0.25) is 4.79 Å². The number of aliphatic carboxylic acids is 1. The second-order valence-electron chi connectivity index (χ2n) is 6.37. The normalized spacial score (nSPS) is 11.3. The Kier molecular flexibility index (Phi) is 4.68. The monoisotopic (exact) mass is 370 g/mol. The highest BCUT2D eigenvalue weighted by atomic mass is 16.4. The lowest BCUT2D eigenvalue weighted by atomic mass is 9.77. The van der Waals surface area contributed by atoms with E-state index in [9.17, 15) is 4.79 Å². The maximum Gasteiger partial charge on any atom is 0.311 e. The molecule has 0 aliphatic heterocycles. The number of carboxylic acids is 1. The van der Waals surface area contributed by atoms with E-state index in [1.54, 1.807) is 0 Å². The van der Waals surface area contributed by atoms with Crippen molar-refractivity contribution in [1.82, 2.24) is 20.2 Å². The van der Waals surface area contributed by atoms with Crippen molar-refractivity contribution in [2.24, 2.45) is 0 Å². The summed E-state index contributed by atoms with van der Waals surface area (Å²) in [4.78, 5) is 12.6. The Balaban J connectivity index is 2.04. The quantitative estimate of drug-likeness (QED) is 0.528. The minimum Gasteiger partial charge on any atom is -0.481 e. The van der Waals surface area contributed by atoms with E-state index in [0.29, 0.717) is 0 Å². The fraction of sp³-hybridized carbons (Fsp3) is 0.0909. The molecule has 0 saturated heterocycles. The molecule has 3 aromatic carbocycles. The van der Waals surface area contributed by atoms with Gasteiger partial charge in [0.1, 0.15) is 6.42 Å². The Labute approximate surface area is 162 Å². The lowest BCUT2D eigenvalue weighted by Crippen LogP contribution is -2.39. The van der Waals surface area contributed by atoms with Gasteiger partial charge in [-0.25, -0.2) is 0 Å². The predicted molar refractivity (Wildman–Crippen MR) is 104 cm³/mol. The first-order chi connectivity index (χ1) is 13.7. The van der Waals surface area contributed by atoms with Gasteiger partial charge in [-0.2, -0.15) is 0 Å². The standard InChI is InChI=1S/C22H18N4O2/c27-21(28)16-20-23-25-26(24-20)22(17-10-4-1-5-11-17,18-12-6-2-7-13-18)19-14-8-3-9-15-19/h1-15H,16H2,(H,27,28). The molecular formula is C22H18N4O2. The largest absolute Gasteiger partial charge is 0.481 e. The van der Waals surface area contributed by atoms with Gasteiger partial charge in [-0.1, -0.05) is 91.0 Å². The van der Waals surface area contributed by atoms with Gasteiger partial charge in [0.05, 0.1) is 0 Å². The highest BCUT2D eigenvalue weighted by Gasteiger charge is 2.41. The minimum atomic E-state index is -0.996. The van der Waals surface area contributed by atoms with Gasteiger partial charge < -0.3 is 5.11 Å². The third kappa shape index (κ3) is 3.05. The molecule has 0 aliphatic rings. The summed E-state index contributed by atoms with van der Waals surface area (Å²) in [7, 11) is 0. The summed E-state index contributed by atoms with van der Waals surface area (Å²) in [6.45, 7) is 0. The van der Waals surface area contributed by atoms with E-state index in [-0.39, 0.29) is 12.2 Å². The van der Waals surface area contributed by atoms with E-state index in [1.165, 1.54) is 4.80 Å². The van der Waals surface area contributed by atoms with Gasteiger partial charge >= 0.3 is 5.97 Å². The lowest BCUT2D eigenvalue weighted by molar-refractivity contribution is -0.136. The van der Waals surface area contributed by atoms with Crippen molar-refractivity contribution in [3.8, 4) is 0 Å². The van der Waals surface area contributed by atoms with Gasteiger partial charge in [0.15, 0.2) is 11.4 Å². The summed E-state index contributed by atoms with van der Waals surface area (Å²) in [5.41, 5.74) is 1.97. The molecular weight excluding hydrogens is 352 g/mol. The number of rotatable bonds is 6. The SMILES string of the molecule is O=C(O)Cc1nnn(C(c2ccccc2)(c2ccccc2)c2ccccc2)n1. The van der Waals surface area contributed by atoms with Crippen molar-refractivity contribution in [2.75, 3.05) is 0 Å². The molecule has 6 heteroatoms. The summed E-state index contributed by atoms with van der Waals surface area (Å²) in [6.07, 6.45) is -0.283. The number of aromatic nitrogens is 4. The van der Waals surface area contributed by atoms with Crippen LogP contribution in [0.25, 0.3) is 0 Å². The van der Waals surface area contributed by atoms with Gasteiger partial charge in [0.25, 0.3) is 0 Å². The van der Waals surface area contributed by atoms with Crippen molar-refractivity contribution in [2.45, 2.75) is 12.0 Å². The molecule has 0 aliphatic carbocycles. The average molecular weight is 370 g/mol. The number of carboxylic acid groups (broad SMARTS) is 1. The van der Waals surface area contributed by atoms with Crippen LogP contribution in [0.15, 0.2) is 91.0 Å². The molecule has 28 heavy (non-hydrogen) atoms. The number of benzene rings is 3. The summed E-state index contributed by atoms with van der Waals surface area (Å²) >= 11 is 0. The Bertz CT molecular complexity index is 967. The molecule has 0 bridgehead atoms. The molecule has 0 spiro atoms. The Morgan fingerprint density at radius 1 is 0.786 bits per heavy atom. The summed E-state index contributed by atoms with van der Waals surface area (Å²) in [5.74, 6) is -0.830. The Hall–Kier alpha value is -3.80. The van der Waals surface area contributed by atoms with Gasteiger partial charge in [-0.05, 0) is 21.9 Å². The van der Waals surface area contributed by atoms with E-state index < -0.39 is 11.5 Å². The molecule has 6 nitrogen and oxygen atoms in total. The van der Waals surface area contributed by atoms with E-state index >= 15 is 0 Å². The molecule has 0 fully saturated rings. The van der Waals surface area contributed by atoms with Crippen molar-refractivity contribution < 1.29 is 9.90 Å². The van der Waals surface area contributed by atoms with Crippen LogP contribution in [0.1, 0.15) is 22.5 Å². The third-order valence-electron chi connectivity index (χ3n) is 4.64. The Morgan fingerprint density at radius 3 is 1.61 bits per heavy atom. The first kappa shape index (κ1) is 17.6. The zero-order chi connectivity index (χ0) is 19.4. The van der Waals surface area contributed by atoms with Crippen LogP contribution in [-0.4, -0.2) is 31.3 Å². The van der Waals surface area contributed by atoms with Crippen molar-refractivity contribution in [3.05, 3.63) is 114 Å². The fourth-order valence-electron chi connectivity index (χ4n) is 3.48. The number of hydrogen-bond donors (Lipinski definition) is 1. The molecule has 0 atom stereocenters. The molecule has 0 saturated carbocycles. The third-order valence-corrected chi connectivity index (χ3v) is 4.64. The van der Waals surface area contributed by atoms with Crippen molar-refractivity contribution in [1.29, 1.82) is 0 Å². The molecule has 0 unspecified atom stereocenters. The van der Waals surface area contributed by atoms with Crippen LogP contribution in [-0.2, 0) is 16.8 Å². The average Bonchev–Trinajstić information content (AvgIpc) is 3.19. The first-order valence-electron chi connectivity index (χ1n) is 8.89. The van der Waals surface area contributed by atoms with Crippen LogP contribution in [0.5, 0.6) is 0 Å². The second-order valence-corrected chi connectivity index (χ2v) is 6.37. The first-order valence-corrected chi connectivity index (χ1v) is 8.89. The second kappa shape index (κ2) is 7.44. The molecule has 1 N–H and O–H groups in total. The van der Waals surface area contributed by atoms with Crippen LogP contribution < -0.4 is 0 Å². The van der Waals surface area contributed by atoms with Crippen LogP contribution in [0.2, 0.25) is 0 Å². The molecule has 1 heterocycles. The van der Waals surface area contributed by atoms with E-state index in [0.717, 1.165) is 16.7 Å². The number of tetrazole rings is 1. The molecule has 138 valence electrons. The topological polar surface area (TPSA) is 80.9 Å². The summed E-state index contributed by atoms with van der Waals surface area (Å²) in [5, 5.41) is 21.9. The minimum absolute atomic E-state index is 0.166. The van der Waals surface area contributed by atoms with Crippen LogP contribution in [0, 0.1) is 0 Å². The van der Waals surface area contributed by atoms with Crippen LogP contribution >= 0.6 is 0 Å². The van der Waals surface area contributed by atoms with Crippen LogP contribution in [0.3, 0.4) is 0 Å². The summed E-state index contributed by atoms with van der Waals surface area (Å²) < 4.78 is 0. The number of carbonyl (C=O) groups is 1. The highest BCUT2D eigenvalue weighted by Crippen LogP contribution is 2.39.